The summed E-state index contributed by atoms with van der Waals surface area (Å²) in [6.07, 6.45) is 1.59. The highest BCUT2D eigenvalue weighted by atomic mass is 16.4. The van der Waals surface area contributed by atoms with Crippen molar-refractivity contribution in [2.24, 2.45) is 5.92 Å². The number of aliphatic carboxylic acids is 1. The average Bonchev–Trinajstić information content (AvgIpc) is 2.36. The standard InChI is InChI=1S/C15H22N2O3/c1-11(6-7-14(18)19)8-9-16-15(20)17-13-5-3-4-12(2)10-13/h3-5,10-11H,6-9H2,1-2H3,(H,18,19)(H2,16,17,20). The SMILES string of the molecule is Cc1cccc(NC(=O)NCCC(C)CCC(=O)O)c1. The summed E-state index contributed by atoms with van der Waals surface area (Å²) >= 11 is 0. The van der Waals surface area contributed by atoms with Gasteiger partial charge in [-0.1, -0.05) is 19.1 Å². The molecule has 2 amide bonds. The maximum absolute atomic E-state index is 11.7. The van der Waals surface area contributed by atoms with Crippen molar-refractivity contribution in [1.82, 2.24) is 5.32 Å². The molecule has 20 heavy (non-hydrogen) atoms. The summed E-state index contributed by atoms with van der Waals surface area (Å²) in [4.78, 5) is 22.1. The van der Waals surface area contributed by atoms with Gasteiger partial charge in [0.1, 0.15) is 0 Å². The van der Waals surface area contributed by atoms with Crippen molar-refractivity contribution in [1.29, 1.82) is 0 Å². The van der Waals surface area contributed by atoms with Crippen LogP contribution in [0.4, 0.5) is 10.5 Å². The zero-order chi connectivity index (χ0) is 15.0. The number of carboxylic acid groups (broad SMARTS) is 1. The van der Waals surface area contributed by atoms with Crippen LogP contribution in [0.3, 0.4) is 0 Å². The zero-order valence-corrected chi connectivity index (χ0v) is 12.0. The van der Waals surface area contributed by atoms with Crippen molar-refractivity contribution < 1.29 is 14.7 Å². The molecule has 0 aromatic heterocycles. The van der Waals surface area contributed by atoms with E-state index < -0.39 is 5.97 Å². The van der Waals surface area contributed by atoms with Crippen molar-refractivity contribution in [2.45, 2.75) is 33.1 Å². The minimum absolute atomic E-state index is 0.177. The van der Waals surface area contributed by atoms with Gasteiger partial charge in [0.05, 0.1) is 0 Å². The number of carboxylic acids is 1. The minimum Gasteiger partial charge on any atom is -0.481 e. The summed E-state index contributed by atoms with van der Waals surface area (Å²) in [6.45, 7) is 4.49. The van der Waals surface area contributed by atoms with Crippen molar-refractivity contribution >= 4 is 17.7 Å². The van der Waals surface area contributed by atoms with Crippen molar-refractivity contribution in [3.05, 3.63) is 29.8 Å². The number of benzene rings is 1. The monoisotopic (exact) mass is 278 g/mol. The normalized spacial score (nSPS) is 11.7. The molecule has 1 rings (SSSR count). The van der Waals surface area contributed by atoms with Crippen LogP contribution in [0.5, 0.6) is 0 Å². The van der Waals surface area contributed by atoms with Crippen molar-refractivity contribution in [3.63, 3.8) is 0 Å². The van der Waals surface area contributed by atoms with Gasteiger partial charge < -0.3 is 15.7 Å². The van der Waals surface area contributed by atoms with Gasteiger partial charge in [0, 0.05) is 18.7 Å². The molecule has 1 unspecified atom stereocenters. The number of carbonyl (C=O) groups excluding carboxylic acids is 1. The van der Waals surface area contributed by atoms with Crippen molar-refractivity contribution in [3.8, 4) is 0 Å². The number of hydrogen-bond acceptors (Lipinski definition) is 2. The maximum atomic E-state index is 11.7. The second-order valence-corrected chi connectivity index (χ2v) is 5.08. The fourth-order valence-corrected chi connectivity index (χ4v) is 1.84. The predicted octanol–water partition coefficient (Wildman–Crippen LogP) is 3.01. The third kappa shape index (κ3) is 6.78. The fraction of sp³-hybridized carbons (Fsp3) is 0.467. The average molecular weight is 278 g/mol. The van der Waals surface area contributed by atoms with Gasteiger partial charge in [-0.15, -0.1) is 0 Å². The fourth-order valence-electron chi connectivity index (χ4n) is 1.84. The van der Waals surface area contributed by atoms with E-state index in [-0.39, 0.29) is 18.4 Å². The Labute approximate surface area is 119 Å². The van der Waals surface area contributed by atoms with E-state index >= 15 is 0 Å². The molecule has 0 aliphatic heterocycles. The smallest absolute Gasteiger partial charge is 0.319 e. The lowest BCUT2D eigenvalue weighted by molar-refractivity contribution is -0.137. The van der Waals surface area contributed by atoms with Gasteiger partial charge in [-0.2, -0.15) is 0 Å². The van der Waals surface area contributed by atoms with Gasteiger partial charge in [-0.3, -0.25) is 4.79 Å². The lowest BCUT2D eigenvalue weighted by Gasteiger charge is -2.11. The number of carbonyl (C=O) groups is 2. The molecule has 0 radical (unpaired) electrons. The first kappa shape index (κ1) is 16.0. The zero-order valence-electron chi connectivity index (χ0n) is 12.0. The van der Waals surface area contributed by atoms with E-state index in [9.17, 15) is 9.59 Å². The molecule has 1 aromatic carbocycles. The van der Waals surface area contributed by atoms with E-state index in [1.807, 2.05) is 38.1 Å². The highest BCUT2D eigenvalue weighted by Gasteiger charge is 2.06. The Hall–Kier alpha value is -2.04. The van der Waals surface area contributed by atoms with Gasteiger partial charge in [-0.25, -0.2) is 4.79 Å². The molecule has 110 valence electrons. The quantitative estimate of drug-likeness (QED) is 0.717. The summed E-state index contributed by atoms with van der Waals surface area (Å²) in [5.74, 6) is -0.493. The van der Waals surface area contributed by atoms with Crippen LogP contribution in [0, 0.1) is 12.8 Å². The second kappa shape index (κ2) is 8.19. The lowest BCUT2D eigenvalue weighted by Crippen LogP contribution is -2.30. The number of nitrogens with one attached hydrogen (secondary N) is 2. The summed E-state index contributed by atoms with van der Waals surface area (Å²) in [5, 5.41) is 14.1. The van der Waals surface area contributed by atoms with E-state index in [1.54, 1.807) is 0 Å². The molecular weight excluding hydrogens is 256 g/mol. The van der Waals surface area contributed by atoms with Crippen LogP contribution in [0.1, 0.15) is 31.7 Å². The van der Waals surface area contributed by atoms with Gasteiger partial charge in [-0.05, 0) is 43.4 Å². The van der Waals surface area contributed by atoms with E-state index in [1.165, 1.54) is 0 Å². The molecule has 0 bridgehead atoms. The first-order chi connectivity index (χ1) is 9.47. The van der Waals surface area contributed by atoms with Gasteiger partial charge in [0.15, 0.2) is 0 Å². The molecule has 0 saturated carbocycles. The molecule has 5 heteroatoms. The van der Waals surface area contributed by atoms with E-state index in [0.29, 0.717) is 13.0 Å². The van der Waals surface area contributed by atoms with E-state index in [0.717, 1.165) is 17.7 Å². The minimum atomic E-state index is -0.776. The van der Waals surface area contributed by atoms with Gasteiger partial charge in [0.2, 0.25) is 0 Å². The van der Waals surface area contributed by atoms with Gasteiger partial charge >= 0.3 is 12.0 Å². The number of rotatable bonds is 7. The maximum Gasteiger partial charge on any atom is 0.319 e. The Bertz CT molecular complexity index is 460. The van der Waals surface area contributed by atoms with E-state index in [4.69, 9.17) is 5.11 Å². The Kier molecular flexibility index (Phi) is 6.56. The van der Waals surface area contributed by atoms with Crippen LogP contribution < -0.4 is 10.6 Å². The first-order valence-electron chi connectivity index (χ1n) is 6.80. The lowest BCUT2D eigenvalue weighted by atomic mass is 10.0. The Balaban J connectivity index is 2.21. The molecular formula is C15H22N2O3. The predicted molar refractivity (Wildman–Crippen MR) is 78.9 cm³/mol. The van der Waals surface area contributed by atoms with E-state index in [2.05, 4.69) is 10.6 Å². The van der Waals surface area contributed by atoms with Crippen LogP contribution in [-0.2, 0) is 4.79 Å². The summed E-state index contributed by atoms with van der Waals surface area (Å²) in [6, 6.07) is 7.35. The Morgan fingerprint density at radius 1 is 1.30 bits per heavy atom. The largest absolute Gasteiger partial charge is 0.481 e. The van der Waals surface area contributed by atoms with Crippen LogP contribution in [0.2, 0.25) is 0 Å². The number of anilines is 1. The molecule has 1 aromatic rings. The Morgan fingerprint density at radius 3 is 2.70 bits per heavy atom. The van der Waals surface area contributed by atoms with Crippen LogP contribution in [0.15, 0.2) is 24.3 Å². The third-order valence-corrected chi connectivity index (χ3v) is 3.05. The van der Waals surface area contributed by atoms with Crippen LogP contribution in [0.25, 0.3) is 0 Å². The molecule has 0 saturated heterocycles. The number of aryl methyl sites for hydroxylation is 1. The highest BCUT2D eigenvalue weighted by molar-refractivity contribution is 5.89. The third-order valence-electron chi connectivity index (χ3n) is 3.05. The molecule has 0 heterocycles. The van der Waals surface area contributed by atoms with Crippen molar-refractivity contribution in [2.75, 3.05) is 11.9 Å². The number of urea groups is 1. The molecule has 0 aliphatic rings. The molecule has 3 N–H and O–H groups in total. The summed E-state index contributed by atoms with van der Waals surface area (Å²) < 4.78 is 0. The van der Waals surface area contributed by atoms with Gasteiger partial charge in [0.25, 0.3) is 0 Å². The topological polar surface area (TPSA) is 78.4 Å². The summed E-state index contributed by atoms with van der Waals surface area (Å²) in [5.41, 5.74) is 1.85. The number of hydrogen-bond donors (Lipinski definition) is 3. The second-order valence-electron chi connectivity index (χ2n) is 5.08. The highest BCUT2D eigenvalue weighted by Crippen LogP contribution is 2.10. The first-order valence-corrected chi connectivity index (χ1v) is 6.80. The molecule has 1 atom stereocenters. The molecule has 0 aliphatic carbocycles. The molecule has 5 nitrogen and oxygen atoms in total. The molecule has 0 spiro atoms. The number of amides is 2. The Morgan fingerprint density at radius 2 is 2.05 bits per heavy atom. The summed E-state index contributed by atoms with van der Waals surface area (Å²) in [7, 11) is 0. The van der Waals surface area contributed by atoms with Crippen LogP contribution >= 0.6 is 0 Å². The molecule has 0 fully saturated rings. The van der Waals surface area contributed by atoms with Crippen LogP contribution in [-0.4, -0.2) is 23.7 Å².